The molecule has 3 aromatic rings. The number of para-hydroxylation sites is 1. The lowest BCUT2D eigenvalue weighted by atomic mass is 9.93. The first-order chi connectivity index (χ1) is 12.5. The molecule has 1 amide bonds. The Labute approximate surface area is 150 Å². The third kappa shape index (κ3) is 2.81. The maximum Gasteiger partial charge on any atom is 0.280 e. The molecule has 4 rings (SSSR count). The van der Waals surface area contributed by atoms with Crippen molar-refractivity contribution in [2.24, 2.45) is 16.5 Å². The highest BCUT2D eigenvalue weighted by molar-refractivity contribution is 6.11. The summed E-state index contributed by atoms with van der Waals surface area (Å²) in [5.74, 6) is -0.715. The number of aliphatic imine (C=N–C) groups is 1. The summed E-state index contributed by atoms with van der Waals surface area (Å²) in [5, 5.41) is 2.20. The van der Waals surface area contributed by atoms with Gasteiger partial charge >= 0.3 is 0 Å². The van der Waals surface area contributed by atoms with Gasteiger partial charge in [0.2, 0.25) is 0 Å². The van der Waals surface area contributed by atoms with Crippen LogP contribution in [0.3, 0.4) is 0 Å². The molecule has 0 aliphatic heterocycles. The lowest BCUT2D eigenvalue weighted by molar-refractivity contribution is 0.100. The van der Waals surface area contributed by atoms with Gasteiger partial charge < -0.3 is 16.0 Å². The normalized spacial score (nSPS) is 20.3. The minimum atomic E-state index is -0.710. The van der Waals surface area contributed by atoms with Crippen molar-refractivity contribution in [1.29, 1.82) is 0 Å². The lowest BCUT2D eigenvalue weighted by Gasteiger charge is -2.27. The minimum Gasteiger partial charge on any atom is -0.370 e. The number of carbonyl (C=O) groups is 1. The van der Waals surface area contributed by atoms with Crippen molar-refractivity contribution in [3.63, 3.8) is 0 Å². The number of carbonyl (C=O) groups excluding carboxylic acids is 1. The molecule has 0 atom stereocenters. The highest BCUT2D eigenvalue weighted by atomic mass is 19.1. The van der Waals surface area contributed by atoms with Gasteiger partial charge in [-0.1, -0.05) is 24.3 Å². The third-order valence-electron chi connectivity index (χ3n) is 5.18. The van der Waals surface area contributed by atoms with Crippen LogP contribution in [0.25, 0.3) is 21.8 Å². The van der Waals surface area contributed by atoms with E-state index >= 15 is 0 Å². The molecule has 0 radical (unpaired) electrons. The van der Waals surface area contributed by atoms with Crippen molar-refractivity contribution in [2.75, 3.05) is 0 Å². The van der Waals surface area contributed by atoms with Crippen LogP contribution in [0, 0.1) is 0 Å². The molecule has 0 spiro atoms. The van der Waals surface area contributed by atoms with Crippen LogP contribution in [-0.2, 0) is 0 Å². The second kappa shape index (κ2) is 6.44. The van der Waals surface area contributed by atoms with Crippen LogP contribution >= 0.6 is 0 Å². The fourth-order valence-electron chi connectivity index (χ4n) is 4.00. The highest BCUT2D eigenvalue weighted by Crippen LogP contribution is 2.38. The van der Waals surface area contributed by atoms with Crippen LogP contribution in [0.5, 0.6) is 0 Å². The van der Waals surface area contributed by atoms with Crippen LogP contribution in [0.4, 0.5) is 4.39 Å². The van der Waals surface area contributed by atoms with E-state index in [1.807, 2.05) is 24.3 Å². The summed E-state index contributed by atoms with van der Waals surface area (Å²) in [4.78, 5) is 15.9. The standard InChI is InChI=1S/C20H21FN4O/c21-13-6-8-14(9-7-13)25-17-4-2-1-3-15(17)16-10-5-12(11-18(16)25)19(26)24-20(22)23/h1-5,10-11,13-14H,6-9H2,(H4,22,23,24,26)/t13-,14+. The molecule has 134 valence electrons. The van der Waals surface area contributed by atoms with E-state index < -0.39 is 12.1 Å². The minimum absolute atomic E-state index is 0.220. The molecule has 2 aromatic carbocycles. The Kier molecular flexibility index (Phi) is 4.11. The van der Waals surface area contributed by atoms with Crippen molar-refractivity contribution in [3.05, 3.63) is 48.0 Å². The number of halogens is 1. The Morgan fingerprint density at radius 2 is 1.69 bits per heavy atom. The Hall–Kier alpha value is -2.89. The van der Waals surface area contributed by atoms with Crippen LogP contribution < -0.4 is 11.5 Å². The molecule has 0 saturated heterocycles. The quantitative estimate of drug-likeness (QED) is 0.545. The number of guanidine groups is 1. The molecule has 4 N–H and O–H groups in total. The molecule has 26 heavy (non-hydrogen) atoms. The van der Waals surface area contributed by atoms with Crippen molar-refractivity contribution < 1.29 is 9.18 Å². The largest absolute Gasteiger partial charge is 0.370 e. The fraction of sp³-hybridized carbons (Fsp3) is 0.300. The first kappa shape index (κ1) is 16.6. The second-order valence-corrected chi connectivity index (χ2v) is 6.87. The van der Waals surface area contributed by atoms with Crippen molar-refractivity contribution >= 4 is 33.7 Å². The van der Waals surface area contributed by atoms with Gasteiger partial charge in [-0.05, 0) is 43.9 Å². The Bertz CT molecular complexity index is 1010. The van der Waals surface area contributed by atoms with Crippen LogP contribution in [0.15, 0.2) is 47.5 Å². The average Bonchev–Trinajstić information content (AvgIpc) is 2.95. The number of nitrogens with two attached hydrogens (primary N) is 2. The molecule has 5 nitrogen and oxygen atoms in total. The van der Waals surface area contributed by atoms with E-state index in [1.54, 1.807) is 6.07 Å². The van der Waals surface area contributed by atoms with Gasteiger partial charge in [0.1, 0.15) is 6.17 Å². The monoisotopic (exact) mass is 352 g/mol. The lowest BCUT2D eigenvalue weighted by Crippen LogP contribution is -2.24. The van der Waals surface area contributed by atoms with Gasteiger partial charge in [0.15, 0.2) is 5.96 Å². The summed E-state index contributed by atoms with van der Waals surface area (Å²) < 4.78 is 15.9. The number of benzene rings is 2. The van der Waals surface area contributed by atoms with Gasteiger partial charge in [0.25, 0.3) is 5.91 Å². The van der Waals surface area contributed by atoms with Gasteiger partial charge in [-0.3, -0.25) is 4.79 Å². The molecule has 1 fully saturated rings. The van der Waals surface area contributed by atoms with E-state index in [0.29, 0.717) is 18.4 Å². The third-order valence-corrected chi connectivity index (χ3v) is 5.18. The maximum atomic E-state index is 13.6. The van der Waals surface area contributed by atoms with Crippen LogP contribution in [0.2, 0.25) is 0 Å². The van der Waals surface area contributed by atoms with Gasteiger partial charge in [0, 0.05) is 27.9 Å². The molecule has 1 aromatic heterocycles. The van der Waals surface area contributed by atoms with Gasteiger partial charge in [-0.15, -0.1) is 0 Å². The molecule has 6 heteroatoms. The SMILES string of the molecule is NC(N)=NC(=O)c1ccc2c3ccccc3n([C@H]3CC[C@@H](F)CC3)c2c1. The summed E-state index contributed by atoms with van der Waals surface area (Å²) in [5.41, 5.74) is 13.2. The molecule has 1 aliphatic carbocycles. The molecule has 1 heterocycles. The average molecular weight is 352 g/mol. The zero-order valence-corrected chi connectivity index (χ0v) is 14.4. The van der Waals surface area contributed by atoms with Gasteiger partial charge in [-0.2, -0.15) is 4.99 Å². The number of rotatable bonds is 2. The summed E-state index contributed by atoms with van der Waals surface area (Å²) in [6.07, 6.45) is 2.02. The Morgan fingerprint density at radius 1 is 1.00 bits per heavy atom. The zero-order valence-electron chi connectivity index (χ0n) is 14.4. The van der Waals surface area contributed by atoms with Crippen molar-refractivity contribution in [3.8, 4) is 0 Å². The van der Waals surface area contributed by atoms with E-state index in [2.05, 4.69) is 21.7 Å². The number of fused-ring (bicyclic) bond motifs is 3. The van der Waals surface area contributed by atoms with Gasteiger partial charge in [-0.25, -0.2) is 4.39 Å². The first-order valence-electron chi connectivity index (χ1n) is 8.85. The van der Waals surface area contributed by atoms with E-state index in [1.165, 1.54) is 0 Å². The number of nitrogens with zero attached hydrogens (tertiary/aromatic N) is 2. The number of aromatic nitrogens is 1. The smallest absolute Gasteiger partial charge is 0.280 e. The molecule has 0 unspecified atom stereocenters. The molecule has 1 aliphatic rings. The van der Waals surface area contributed by atoms with E-state index in [4.69, 9.17) is 11.5 Å². The summed E-state index contributed by atoms with van der Waals surface area (Å²) in [6.45, 7) is 0. The topological polar surface area (TPSA) is 86.4 Å². The highest BCUT2D eigenvalue weighted by Gasteiger charge is 2.25. The van der Waals surface area contributed by atoms with E-state index in [-0.39, 0.29) is 12.0 Å². The molecule has 1 saturated carbocycles. The Balaban J connectivity index is 1.91. The summed E-state index contributed by atoms with van der Waals surface area (Å²) in [6, 6.07) is 13.9. The number of alkyl halides is 1. The maximum absolute atomic E-state index is 13.6. The molecule has 0 bridgehead atoms. The predicted octanol–water partition coefficient (Wildman–Crippen LogP) is 3.66. The first-order valence-corrected chi connectivity index (χ1v) is 8.85. The van der Waals surface area contributed by atoms with E-state index in [0.717, 1.165) is 34.6 Å². The number of amides is 1. The van der Waals surface area contributed by atoms with E-state index in [9.17, 15) is 9.18 Å². The summed E-state index contributed by atoms with van der Waals surface area (Å²) >= 11 is 0. The molecular formula is C20H21FN4O. The van der Waals surface area contributed by atoms with Crippen molar-refractivity contribution in [1.82, 2.24) is 4.57 Å². The Morgan fingerprint density at radius 3 is 2.42 bits per heavy atom. The van der Waals surface area contributed by atoms with Gasteiger partial charge in [0.05, 0.1) is 5.52 Å². The van der Waals surface area contributed by atoms with Crippen LogP contribution in [0.1, 0.15) is 42.1 Å². The summed E-state index contributed by atoms with van der Waals surface area (Å²) in [7, 11) is 0. The number of hydrogen-bond acceptors (Lipinski definition) is 1. The predicted molar refractivity (Wildman–Crippen MR) is 102 cm³/mol. The fourth-order valence-corrected chi connectivity index (χ4v) is 4.00. The van der Waals surface area contributed by atoms with Crippen LogP contribution in [-0.4, -0.2) is 22.6 Å². The zero-order chi connectivity index (χ0) is 18.3. The second-order valence-electron chi connectivity index (χ2n) is 6.87. The number of hydrogen-bond donors (Lipinski definition) is 2. The molecular weight excluding hydrogens is 331 g/mol. The van der Waals surface area contributed by atoms with Crippen molar-refractivity contribution in [2.45, 2.75) is 37.9 Å².